The van der Waals surface area contributed by atoms with Gasteiger partial charge in [0.25, 0.3) is 0 Å². The maximum Gasteiger partial charge on any atom is 0.0383 e. The number of rotatable bonds is 5. The van der Waals surface area contributed by atoms with Crippen LogP contribution in [0.2, 0.25) is 0 Å². The molecule has 0 saturated heterocycles. The average molecular weight is 297 g/mol. The lowest BCUT2D eigenvalue weighted by Crippen LogP contribution is -2.24. The number of halogens is 1. The minimum absolute atomic E-state index is 0.0506. The third-order valence-corrected chi connectivity index (χ3v) is 3.37. The second-order valence-corrected chi connectivity index (χ2v) is 5.32. The Morgan fingerprint density at radius 2 is 2.18 bits per heavy atom. The number of anilines is 1. The summed E-state index contributed by atoms with van der Waals surface area (Å²) in [4.78, 5) is 2.29. The molecular weight excluding hydrogens is 276 g/mol. The third kappa shape index (κ3) is 3.86. The molecule has 0 bridgehead atoms. The van der Waals surface area contributed by atoms with Gasteiger partial charge in [0.15, 0.2) is 0 Å². The summed E-state index contributed by atoms with van der Waals surface area (Å²) >= 11 is 3.58. The van der Waals surface area contributed by atoms with Gasteiger partial charge in [0.05, 0.1) is 0 Å². The first kappa shape index (κ1) is 14.3. The average Bonchev–Trinajstić information content (AvgIpc) is 2.24. The Labute approximate surface area is 113 Å². The van der Waals surface area contributed by atoms with Gasteiger partial charge >= 0.3 is 0 Å². The van der Waals surface area contributed by atoms with Crippen LogP contribution >= 0.6 is 15.9 Å². The monoisotopic (exact) mass is 296 g/mol. The van der Waals surface area contributed by atoms with Crippen LogP contribution in [-0.2, 0) is 0 Å². The molecule has 1 aromatic carbocycles. The molecule has 0 fully saturated rings. The lowest BCUT2D eigenvalue weighted by atomic mass is 10.1. The summed E-state index contributed by atoms with van der Waals surface area (Å²) < 4.78 is 1.07. The fraction of sp³-hybridized carbons (Fsp3) is 0.429. The van der Waals surface area contributed by atoms with Crippen LogP contribution in [0.25, 0.3) is 0 Å². The van der Waals surface area contributed by atoms with Crippen LogP contribution in [0.3, 0.4) is 0 Å². The smallest absolute Gasteiger partial charge is 0.0383 e. The molecule has 0 radical (unpaired) electrons. The Morgan fingerprint density at radius 3 is 2.59 bits per heavy atom. The van der Waals surface area contributed by atoms with Gasteiger partial charge in [-0.3, -0.25) is 0 Å². The number of nitrogens with zero attached hydrogens (tertiary/aromatic N) is 1. The summed E-state index contributed by atoms with van der Waals surface area (Å²) in [7, 11) is 0. The number of benzene rings is 1. The fourth-order valence-electron chi connectivity index (χ4n) is 1.79. The Bertz CT molecular complexity index is 399. The van der Waals surface area contributed by atoms with Gasteiger partial charge in [-0.25, -0.2) is 0 Å². The summed E-state index contributed by atoms with van der Waals surface area (Å²) in [6.07, 6.45) is 0. The molecule has 3 heteroatoms. The molecule has 0 unspecified atom stereocenters. The van der Waals surface area contributed by atoms with Crippen molar-refractivity contribution in [3.8, 4) is 0 Å². The first-order valence-electron chi connectivity index (χ1n) is 5.90. The Balaban J connectivity index is 2.98. The zero-order valence-corrected chi connectivity index (χ0v) is 12.4. The molecule has 94 valence electrons. The molecule has 2 N–H and O–H groups in total. The first-order valence-corrected chi connectivity index (χ1v) is 6.69. The molecular formula is C14H21BrN2. The minimum atomic E-state index is 0.0506. The molecule has 17 heavy (non-hydrogen) atoms. The molecule has 0 spiro atoms. The molecule has 0 aliphatic heterocycles. The number of likely N-dealkylation sites (N-methyl/N-ethyl adjacent to an activating group) is 1. The molecule has 1 aromatic rings. The molecule has 0 aliphatic carbocycles. The summed E-state index contributed by atoms with van der Waals surface area (Å²) in [5.41, 5.74) is 9.40. The van der Waals surface area contributed by atoms with E-state index in [1.807, 2.05) is 13.8 Å². The lowest BCUT2D eigenvalue weighted by Gasteiger charge is -2.24. The number of nitrogens with two attached hydrogens (primary N) is 1. The molecule has 0 aliphatic rings. The van der Waals surface area contributed by atoms with E-state index < -0.39 is 0 Å². The molecule has 2 nitrogen and oxygen atoms in total. The van der Waals surface area contributed by atoms with Crippen LogP contribution < -0.4 is 10.6 Å². The molecule has 0 saturated carbocycles. The van der Waals surface area contributed by atoms with Crippen LogP contribution in [0.15, 0.2) is 34.8 Å². The van der Waals surface area contributed by atoms with Crippen LogP contribution in [0.5, 0.6) is 0 Å². The zero-order chi connectivity index (χ0) is 13.0. The van der Waals surface area contributed by atoms with Gasteiger partial charge in [-0.05, 0) is 38.5 Å². The quantitative estimate of drug-likeness (QED) is 0.836. The minimum Gasteiger partial charge on any atom is -0.368 e. The van der Waals surface area contributed by atoms with E-state index >= 15 is 0 Å². The fourth-order valence-corrected chi connectivity index (χ4v) is 2.52. The second-order valence-electron chi connectivity index (χ2n) is 4.47. The number of hydrogen-bond donors (Lipinski definition) is 1. The van der Waals surface area contributed by atoms with Crippen molar-refractivity contribution in [2.24, 2.45) is 5.73 Å². The summed E-state index contributed by atoms with van der Waals surface area (Å²) in [5, 5.41) is 0. The van der Waals surface area contributed by atoms with E-state index in [4.69, 9.17) is 5.73 Å². The van der Waals surface area contributed by atoms with Crippen molar-refractivity contribution in [1.29, 1.82) is 0 Å². The van der Waals surface area contributed by atoms with Gasteiger partial charge < -0.3 is 10.6 Å². The van der Waals surface area contributed by atoms with Crippen molar-refractivity contribution in [2.45, 2.75) is 26.8 Å². The first-order chi connectivity index (χ1) is 7.95. The van der Waals surface area contributed by atoms with Gasteiger partial charge in [-0.15, -0.1) is 0 Å². The number of hydrogen-bond acceptors (Lipinski definition) is 2. The molecule has 0 amide bonds. The summed E-state index contributed by atoms with van der Waals surface area (Å²) in [6, 6.07) is 6.39. The van der Waals surface area contributed by atoms with E-state index in [0.29, 0.717) is 0 Å². The predicted octanol–water partition coefficient (Wildman–Crippen LogP) is 3.87. The second kappa shape index (κ2) is 6.22. The van der Waals surface area contributed by atoms with Gasteiger partial charge in [0.1, 0.15) is 0 Å². The highest BCUT2D eigenvalue weighted by atomic mass is 79.9. The van der Waals surface area contributed by atoms with Gasteiger partial charge in [-0.2, -0.15) is 0 Å². The van der Waals surface area contributed by atoms with Crippen molar-refractivity contribution in [3.05, 3.63) is 40.4 Å². The van der Waals surface area contributed by atoms with E-state index in [9.17, 15) is 0 Å². The van der Waals surface area contributed by atoms with Crippen LogP contribution in [0.4, 0.5) is 5.69 Å². The maximum atomic E-state index is 5.90. The maximum absolute atomic E-state index is 5.90. The highest BCUT2D eigenvalue weighted by Gasteiger charge is 2.09. The van der Waals surface area contributed by atoms with Crippen molar-refractivity contribution in [1.82, 2.24) is 0 Å². The van der Waals surface area contributed by atoms with Gasteiger partial charge in [-0.1, -0.05) is 34.1 Å². The van der Waals surface area contributed by atoms with Crippen LogP contribution in [0, 0.1) is 0 Å². The van der Waals surface area contributed by atoms with Gasteiger partial charge in [0, 0.05) is 29.3 Å². The topological polar surface area (TPSA) is 29.3 Å². The van der Waals surface area contributed by atoms with Crippen molar-refractivity contribution < 1.29 is 0 Å². The SMILES string of the molecule is C=C(C)CN(CC)c1ccc([C@H](C)N)c(Br)c1. The highest BCUT2D eigenvalue weighted by molar-refractivity contribution is 9.10. The normalized spacial score (nSPS) is 12.3. The van der Waals surface area contributed by atoms with E-state index in [1.54, 1.807) is 0 Å². The summed E-state index contributed by atoms with van der Waals surface area (Å²) in [5.74, 6) is 0. The van der Waals surface area contributed by atoms with Crippen molar-refractivity contribution >= 4 is 21.6 Å². The van der Waals surface area contributed by atoms with Crippen LogP contribution in [-0.4, -0.2) is 13.1 Å². The molecule has 0 heterocycles. The molecule has 1 rings (SSSR count). The van der Waals surface area contributed by atoms with Crippen molar-refractivity contribution in [2.75, 3.05) is 18.0 Å². The molecule has 1 atom stereocenters. The Hall–Kier alpha value is -0.800. The Morgan fingerprint density at radius 1 is 1.53 bits per heavy atom. The zero-order valence-electron chi connectivity index (χ0n) is 10.8. The largest absolute Gasteiger partial charge is 0.368 e. The van der Waals surface area contributed by atoms with Crippen LogP contribution in [0.1, 0.15) is 32.4 Å². The third-order valence-electron chi connectivity index (χ3n) is 2.68. The van der Waals surface area contributed by atoms with Gasteiger partial charge in [0.2, 0.25) is 0 Å². The lowest BCUT2D eigenvalue weighted by molar-refractivity contribution is 0.810. The van der Waals surface area contributed by atoms with E-state index in [1.165, 1.54) is 11.3 Å². The molecule has 0 aromatic heterocycles. The predicted molar refractivity (Wildman–Crippen MR) is 79.4 cm³/mol. The standard InChI is InChI=1S/C14H21BrN2/c1-5-17(9-10(2)3)12-6-7-13(11(4)16)14(15)8-12/h6-8,11H,2,5,9,16H2,1,3-4H3/t11-/m0/s1. The highest BCUT2D eigenvalue weighted by Crippen LogP contribution is 2.27. The van der Waals surface area contributed by atoms with E-state index in [0.717, 1.165) is 23.1 Å². The summed E-state index contributed by atoms with van der Waals surface area (Å²) in [6.45, 7) is 12.0. The van der Waals surface area contributed by atoms with E-state index in [2.05, 4.69) is 52.5 Å². The van der Waals surface area contributed by atoms with Crippen molar-refractivity contribution in [3.63, 3.8) is 0 Å². The van der Waals surface area contributed by atoms with E-state index in [-0.39, 0.29) is 6.04 Å². The Kier molecular flexibility index (Phi) is 5.22.